The van der Waals surface area contributed by atoms with Crippen molar-refractivity contribution in [2.75, 3.05) is 32.8 Å². The molecule has 0 radical (unpaired) electrons. The molecule has 1 saturated carbocycles. The summed E-state index contributed by atoms with van der Waals surface area (Å²) in [6.45, 7) is 7.89. The second-order valence-corrected chi connectivity index (χ2v) is 8.76. The largest absolute Gasteiger partial charge is 0.483 e. The van der Waals surface area contributed by atoms with Gasteiger partial charge < -0.3 is 14.7 Å². The van der Waals surface area contributed by atoms with E-state index in [1.165, 1.54) is 43.2 Å². The molecule has 1 aliphatic carbocycles. The zero-order valence-electron chi connectivity index (χ0n) is 18.3. The molecule has 3 fully saturated rings. The van der Waals surface area contributed by atoms with Crippen molar-refractivity contribution in [1.29, 1.82) is 0 Å². The van der Waals surface area contributed by atoms with Crippen molar-refractivity contribution in [3.8, 4) is 0 Å². The first-order valence-electron chi connectivity index (χ1n) is 11.3. The summed E-state index contributed by atoms with van der Waals surface area (Å²) in [7, 11) is 0. The minimum absolute atomic E-state index is 0.156. The smallest absolute Gasteiger partial charge is 0.290 e. The number of carboxylic acid groups (broad SMARTS) is 1. The molecule has 0 spiro atoms. The number of carbonyl (C=O) groups excluding carboxylic acids is 1. The van der Waals surface area contributed by atoms with Crippen molar-refractivity contribution in [2.24, 2.45) is 11.8 Å². The monoisotopic (exact) mass is 416 g/mol. The molecule has 2 saturated heterocycles. The number of aryl methyl sites for hydroxylation is 1. The van der Waals surface area contributed by atoms with Gasteiger partial charge in [0.05, 0.1) is 6.04 Å². The Morgan fingerprint density at radius 2 is 1.87 bits per heavy atom. The molecule has 0 bridgehead atoms. The van der Waals surface area contributed by atoms with Gasteiger partial charge in [0.2, 0.25) is 5.91 Å². The van der Waals surface area contributed by atoms with Gasteiger partial charge >= 0.3 is 0 Å². The number of benzene rings is 1. The van der Waals surface area contributed by atoms with Crippen molar-refractivity contribution >= 4 is 12.4 Å². The summed E-state index contributed by atoms with van der Waals surface area (Å²) in [5.41, 5.74) is 2.63. The third-order valence-electron chi connectivity index (χ3n) is 7.04. The lowest BCUT2D eigenvalue weighted by Crippen LogP contribution is -2.41. The fourth-order valence-corrected chi connectivity index (χ4v) is 5.67. The molecule has 1 amide bonds. The Hall–Kier alpha value is -1.92. The maximum atomic E-state index is 12.9. The van der Waals surface area contributed by atoms with Gasteiger partial charge in [0.1, 0.15) is 6.61 Å². The number of nitrogens with zero attached hydrogens (tertiary/aromatic N) is 2. The van der Waals surface area contributed by atoms with Crippen LogP contribution in [0.4, 0.5) is 0 Å². The van der Waals surface area contributed by atoms with E-state index in [-0.39, 0.29) is 25.0 Å². The maximum absolute atomic E-state index is 12.9. The van der Waals surface area contributed by atoms with Crippen LogP contribution in [0.5, 0.6) is 0 Å². The van der Waals surface area contributed by atoms with Crippen molar-refractivity contribution in [2.45, 2.75) is 58.0 Å². The molecule has 1 aromatic rings. The van der Waals surface area contributed by atoms with Gasteiger partial charge in [0.15, 0.2) is 0 Å². The third-order valence-corrected chi connectivity index (χ3v) is 7.04. The van der Waals surface area contributed by atoms with E-state index in [4.69, 9.17) is 14.6 Å². The van der Waals surface area contributed by atoms with Crippen LogP contribution in [0.1, 0.15) is 56.2 Å². The quantitative estimate of drug-likeness (QED) is 0.744. The summed E-state index contributed by atoms with van der Waals surface area (Å²) in [5.74, 6) is 1.31. The van der Waals surface area contributed by atoms with Crippen LogP contribution < -0.4 is 0 Å². The molecule has 3 aliphatic rings. The van der Waals surface area contributed by atoms with Crippen LogP contribution in [0, 0.1) is 18.8 Å². The molecule has 4 rings (SSSR count). The second kappa shape index (κ2) is 10.9. The first kappa shape index (κ1) is 22.8. The van der Waals surface area contributed by atoms with Crippen LogP contribution in [0.2, 0.25) is 0 Å². The molecule has 30 heavy (non-hydrogen) atoms. The average Bonchev–Trinajstić information content (AvgIpc) is 3.32. The standard InChI is InChI=1S/C23H34N2O2.CH2O2/c1-3-27-16-22(26)25-14-18-13-24(19-10-5-4-6-11-19)15-21(18)23(25)20-12-8-7-9-17(20)2;2-1-3/h7-9,12,18-19,21,23H,3-6,10-11,13-16H2,1-2H3;1H,(H,2,3)/t18-,21-,23+;/m0./s1. The van der Waals surface area contributed by atoms with Crippen LogP contribution in [-0.2, 0) is 14.3 Å². The van der Waals surface area contributed by atoms with Gasteiger partial charge in [-0.1, -0.05) is 43.5 Å². The molecule has 2 heterocycles. The van der Waals surface area contributed by atoms with Gasteiger partial charge in [-0.2, -0.15) is 0 Å². The average molecular weight is 417 g/mol. The number of hydrogen-bond acceptors (Lipinski definition) is 4. The molecular weight excluding hydrogens is 380 g/mol. The number of ether oxygens (including phenoxy) is 1. The molecular formula is C24H36N2O4. The minimum atomic E-state index is -0.250. The number of rotatable bonds is 5. The van der Waals surface area contributed by atoms with E-state index in [1.54, 1.807) is 0 Å². The third kappa shape index (κ3) is 5.03. The summed E-state index contributed by atoms with van der Waals surface area (Å²) in [4.78, 5) is 26.1. The molecule has 2 aliphatic heterocycles. The number of hydrogen-bond donors (Lipinski definition) is 1. The lowest BCUT2D eigenvalue weighted by atomic mass is 9.87. The Morgan fingerprint density at radius 3 is 2.53 bits per heavy atom. The topological polar surface area (TPSA) is 70.1 Å². The van der Waals surface area contributed by atoms with Gasteiger partial charge in [-0.3, -0.25) is 14.5 Å². The summed E-state index contributed by atoms with van der Waals surface area (Å²) in [6.07, 6.45) is 6.90. The van der Waals surface area contributed by atoms with Crippen LogP contribution in [0.3, 0.4) is 0 Å². The lowest BCUT2D eigenvalue weighted by Gasteiger charge is -2.35. The highest BCUT2D eigenvalue weighted by atomic mass is 16.5. The summed E-state index contributed by atoms with van der Waals surface area (Å²) in [6, 6.07) is 9.61. The number of amides is 1. The zero-order valence-corrected chi connectivity index (χ0v) is 18.3. The maximum Gasteiger partial charge on any atom is 0.290 e. The molecule has 0 aromatic heterocycles. The SMILES string of the molecule is CCOCC(=O)N1C[C@@H]2CN(C3CCCCC3)C[C@@H]2[C@H]1c1ccccc1C.O=CO. The molecule has 3 atom stereocenters. The fraction of sp³-hybridized carbons (Fsp3) is 0.667. The Bertz CT molecular complexity index is 704. The normalized spacial score (nSPS) is 26.7. The minimum Gasteiger partial charge on any atom is -0.483 e. The van der Waals surface area contributed by atoms with E-state index in [0.29, 0.717) is 18.4 Å². The zero-order chi connectivity index (χ0) is 21.5. The van der Waals surface area contributed by atoms with Gasteiger partial charge in [-0.25, -0.2) is 0 Å². The van der Waals surface area contributed by atoms with Crippen molar-refractivity contribution in [3.05, 3.63) is 35.4 Å². The molecule has 166 valence electrons. The van der Waals surface area contributed by atoms with Crippen molar-refractivity contribution in [3.63, 3.8) is 0 Å². The number of carbonyl (C=O) groups is 2. The van der Waals surface area contributed by atoms with E-state index in [0.717, 1.165) is 25.7 Å². The van der Waals surface area contributed by atoms with Gasteiger partial charge in [-0.05, 0) is 43.7 Å². The Morgan fingerprint density at radius 1 is 1.17 bits per heavy atom. The van der Waals surface area contributed by atoms with Crippen LogP contribution in [0.25, 0.3) is 0 Å². The molecule has 1 aromatic carbocycles. The molecule has 6 nitrogen and oxygen atoms in total. The number of fused-ring (bicyclic) bond motifs is 1. The van der Waals surface area contributed by atoms with Crippen LogP contribution in [-0.4, -0.2) is 66.2 Å². The van der Waals surface area contributed by atoms with Crippen molar-refractivity contribution in [1.82, 2.24) is 9.80 Å². The van der Waals surface area contributed by atoms with E-state index in [2.05, 4.69) is 41.0 Å². The number of likely N-dealkylation sites (tertiary alicyclic amines) is 2. The summed E-state index contributed by atoms with van der Waals surface area (Å²) < 4.78 is 5.46. The van der Waals surface area contributed by atoms with Crippen LogP contribution >= 0.6 is 0 Å². The fourth-order valence-electron chi connectivity index (χ4n) is 5.67. The first-order valence-corrected chi connectivity index (χ1v) is 11.3. The molecule has 0 unspecified atom stereocenters. The van der Waals surface area contributed by atoms with E-state index in [1.807, 2.05) is 6.92 Å². The highest BCUT2D eigenvalue weighted by molar-refractivity contribution is 5.78. The Kier molecular flexibility index (Phi) is 8.28. The van der Waals surface area contributed by atoms with Gasteiger partial charge in [0, 0.05) is 38.2 Å². The Labute approximate surface area is 180 Å². The van der Waals surface area contributed by atoms with E-state index in [9.17, 15) is 4.79 Å². The van der Waals surface area contributed by atoms with E-state index >= 15 is 0 Å². The first-order chi connectivity index (χ1) is 14.6. The van der Waals surface area contributed by atoms with Crippen molar-refractivity contribution < 1.29 is 19.4 Å². The van der Waals surface area contributed by atoms with E-state index < -0.39 is 0 Å². The summed E-state index contributed by atoms with van der Waals surface area (Å²) in [5, 5.41) is 6.89. The highest BCUT2D eigenvalue weighted by Crippen LogP contribution is 2.47. The Balaban J connectivity index is 0.000000806. The second-order valence-electron chi connectivity index (χ2n) is 8.76. The predicted molar refractivity (Wildman–Crippen MR) is 116 cm³/mol. The lowest BCUT2D eigenvalue weighted by molar-refractivity contribution is -0.137. The van der Waals surface area contributed by atoms with Crippen LogP contribution in [0.15, 0.2) is 24.3 Å². The summed E-state index contributed by atoms with van der Waals surface area (Å²) >= 11 is 0. The van der Waals surface area contributed by atoms with Gasteiger partial charge in [-0.15, -0.1) is 0 Å². The molecule has 1 N–H and O–H groups in total. The highest BCUT2D eigenvalue weighted by Gasteiger charge is 2.50. The molecule has 6 heteroatoms. The predicted octanol–water partition coefficient (Wildman–Crippen LogP) is 3.50. The van der Waals surface area contributed by atoms with Gasteiger partial charge in [0.25, 0.3) is 6.47 Å².